The predicted molar refractivity (Wildman–Crippen MR) is 128 cm³/mol. The van der Waals surface area contributed by atoms with Crippen molar-refractivity contribution in [3.05, 3.63) is 24.3 Å². The van der Waals surface area contributed by atoms with E-state index in [0.29, 0.717) is 12.3 Å². The maximum absolute atomic E-state index is 13.2. The number of rotatable bonds is 5. The fourth-order valence-electron chi connectivity index (χ4n) is 6.90. The van der Waals surface area contributed by atoms with Gasteiger partial charge in [0.1, 0.15) is 5.75 Å². The van der Waals surface area contributed by atoms with Crippen molar-refractivity contribution in [1.29, 1.82) is 0 Å². The van der Waals surface area contributed by atoms with Gasteiger partial charge in [-0.15, -0.1) is 0 Å². The van der Waals surface area contributed by atoms with Crippen LogP contribution in [0.4, 0.5) is 5.69 Å². The molecular weight excluding hydrogens is 402 g/mol. The second-order valence-corrected chi connectivity index (χ2v) is 11.3. The summed E-state index contributed by atoms with van der Waals surface area (Å²) < 4.78 is 5.51. The summed E-state index contributed by atoms with van der Waals surface area (Å²) in [6.45, 7) is 9.64. The van der Waals surface area contributed by atoms with Crippen molar-refractivity contribution < 1.29 is 14.6 Å². The van der Waals surface area contributed by atoms with Crippen LogP contribution in [0.3, 0.4) is 0 Å². The van der Waals surface area contributed by atoms with Gasteiger partial charge >= 0.3 is 0 Å². The summed E-state index contributed by atoms with van der Waals surface area (Å²) in [6, 6.07) is 8.18. The molecule has 1 amide bonds. The van der Waals surface area contributed by atoms with Crippen molar-refractivity contribution in [2.45, 2.75) is 70.9 Å². The molecule has 4 rings (SSSR count). The quantitative estimate of drug-likeness (QED) is 0.729. The molecule has 0 aromatic heterocycles. The van der Waals surface area contributed by atoms with Gasteiger partial charge in [0.25, 0.3) is 0 Å². The summed E-state index contributed by atoms with van der Waals surface area (Å²) in [5.74, 6) is 1.49. The minimum Gasteiger partial charge on any atom is -0.495 e. The Morgan fingerprint density at radius 1 is 1.12 bits per heavy atom. The molecule has 3 fully saturated rings. The van der Waals surface area contributed by atoms with Crippen molar-refractivity contribution in [1.82, 2.24) is 4.90 Å². The minimum atomic E-state index is -0.617. The standard InChI is InChI=1S/C26H41N3O3/c1-24(2)18-22(27)26(12-11-25(3,31)17-21(24)26)10-9-23(30)29-15-13-28(14-16-29)19-7-5-6-8-20(19)32-4/h5-8,21-22,31H,9-18,27H2,1-4H3/t21-,22-,25+,26+/m0/s1. The average Bonchev–Trinajstić information content (AvgIpc) is 2.96. The van der Waals surface area contributed by atoms with E-state index in [-0.39, 0.29) is 22.8 Å². The summed E-state index contributed by atoms with van der Waals surface area (Å²) in [4.78, 5) is 17.5. The van der Waals surface area contributed by atoms with E-state index in [1.165, 1.54) is 0 Å². The van der Waals surface area contributed by atoms with Gasteiger partial charge in [-0.3, -0.25) is 4.79 Å². The lowest BCUT2D eigenvalue weighted by molar-refractivity contribution is -0.133. The maximum atomic E-state index is 13.2. The van der Waals surface area contributed by atoms with Crippen molar-refractivity contribution in [2.75, 3.05) is 38.2 Å². The molecule has 1 heterocycles. The van der Waals surface area contributed by atoms with E-state index < -0.39 is 5.60 Å². The van der Waals surface area contributed by atoms with Gasteiger partial charge in [0, 0.05) is 38.6 Å². The number of amides is 1. The number of para-hydroxylation sites is 2. The zero-order valence-electron chi connectivity index (χ0n) is 20.3. The van der Waals surface area contributed by atoms with Gasteiger partial charge < -0.3 is 25.4 Å². The molecule has 2 aliphatic carbocycles. The summed E-state index contributed by atoms with van der Waals surface area (Å²) in [5.41, 5.74) is 7.29. The second kappa shape index (κ2) is 8.53. The van der Waals surface area contributed by atoms with Crippen LogP contribution < -0.4 is 15.4 Å². The minimum absolute atomic E-state index is 0.0272. The number of nitrogens with zero attached hydrogens (tertiary/aromatic N) is 2. The monoisotopic (exact) mass is 443 g/mol. The number of hydrogen-bond donors (Lipinski definition) is 2. The molecule has 2 saturated carbocycles. The highest BCUT2D eigenvalue weighted by Crippen LogP contribution is 2.63. The van der Waals surface area contributed by atoms with Crippen molar-refractivity contribution in [3.8, 4) is 5.75 Å². The van der Waals surface area contributed by atoms with E-state index in [9.17, 15) is 9.90 Å². The van der Waals surface area contributed by atoms with Crippen LogP contribution in [-0.4, -0.2) is 60.8 Å². The molecule has 4 atom stereocenters. The number of benzene rings is 1. The molecule has 1 saturated heterocycles. The highest BCUT2D eigenvalue weighted by Gasteiger charge is 2.60. The smallest absolute Gasteiger partial charge is 0.222 e. The summed E-state index contributed by atoms with van der Waals surface area (Å²) in [7, 11) is 1.70. The van der Waals surface area contributed by atoms with Gasteiger partial charge in [-0.05, 0) is 67.9 Å². The van der Waals surface area contributed by atoms with Gasteiger partial charge in [-0.1, -0.05) is 26.0 Å². The molecule has 32 heavy (non-hydrogen) atoms. The third kappa shape index (κ3) is 4.24. The second-order valence-electron chi connectivity index (χ2n) is 11.3. The fraction of sp³-hybridized carbons (Fsp3) is 0.731. The molecular formula is C26H41N3O3. The third-order valence-corrected chi connectivity index (χ3v) is 8.76. The van der Waals surface area contributed by atoms with Crippen LogP contribution >= 0.6 is 0 Å². The maximum Gasteiger partial charge on any atom is 0.222 e. The largest absolute Gasteiger partial charge is 0.495 e. The van der Waals surface area contributed by atoms with Gasteiger partial charge in [-0.2, -0.15) is 0 Å². The molecule has 178 valence electrons. The van der Waals surface area contributed by atoms with Crippen LogP contribution in [0.2, 0.25) is 0 Å². The van der Waals surface area contributed by atoms with Crippen LogP contribution in [0.5, 0.6) is 5.75 Å². The number of nitrogens with two attached hydrogens (primary N) is 1. The van der Waals surface area contributed by atoms with E-state index in [1.54, 1.807) is 7.11 Å². The summed E-state index contributed by atoms with van der Waals surface area (Å²) >= 11 is 0. The summed E-state index contributed by atoms with van der Waals surface area (Å²) in [6.07, 6.45) is 4.85. The van der Waals surface area contributed by atoms with Crippen LogP contribution in [-0.2, 0) is 4.79 Å². The van der Waals surface area contributed by atoms with Crippen molar-refractivity contribution in [3.63, 3.8) is 0 Å². The Hall–Kier alpha value is -1.79. The normalized spacial score (nSPS) is 34.3. The van der Waals surface area contributed by atoms with Crippen LogP contribution in [0.25, 0.3) is 0 Å². The Morgan fingerprint density at radius 2 is 1.81 bits per heavy atom. The van der Waals surface area contributed by atoms with Gasteiger partial charge in [0.05, 0.1) is 18.4 Å². The number of methoxy groups -OCH3 is 1. The molecule has 0 spiro atoms. The fourth-order valence-corrected chi connectivity index (χ4v) is 6.90. The van der Waals surface area contributed by atoms with Crippen LogP contribution in [0.1, 0.15) is 59.3 Å². The Labute approximate surface area is 193 Å². The van der Waals surface area contributed by atoms with Crippen LogP contribution in [0.15, 0.2) is 24.3 Å². The molecule has 3 N–H and O–H groups in total. The Morgan fingerprint density at radius 3 is 2.50 bits per heavy atom. The molecule has 0 unspecified atom stereocenters. The molecule has 6 nitrogen and oxygen atoms in total. The first-order chi connectivity index (χ1) is 15.1. The highest BCUT2D eigenvalue weighted by atomic mass is 16.5. The number of carbonyl (C=O) groups excluding carboxylic acids is 1. The Kier molecular flexibility index (Phi) is 6.23. The molecule has 3 aliphatic rings. The number of hydrogen-bond acceptors (Lipinski definition) is 5. The van der Waals surface area contributed by atoms with E-state index in [0.717, 1.165) is 69.7 Å². The van der Waals surface area contributed by atoms with Gasteiger partial charge in [0.15, 0.2) is 0 Å². The number of aliphatic hydroxyl groups is 1. The number of fused-ring (bicyclic) bond motifs is 1. The first-order valence-corrected chi connectivity index (χ1v) is 12.2. The average molecular weight is 444 g/mol. The van der Waals surface area contributed by atoms with E-state index >= 15 is 0 Å². The number of piperazine rings is 1. The van der Waals surface area contributed by atoms with Gasteiger partial charge in [0.2, 0.25) is 5.91 Å². The zero-order chi connectivity index (χ0) is 23.1. The molecule has 1 aliphatic heterocycles. The topological polar surface area (TPSA) is 79.0 Å². The number of anilines is 1. The third-order valence-electron chi connectivity index (χ3n) is 8.76. The number of ether oxygens (including phenoxy) is 1. The first kappa shape index (κ1) is 23.4. The number of carbonyl (C=O) groups is 1. The molecule has 1 aromatic rings. The first-order valence-electron chi connectivity index (χ1n) is 12.2. The van der Waals surface area contributed by atoms with Crippen LogP contribution in [0, 0.1) is 16.7 Å². The Balaban J connectivity index is 1.38. The SMILES string of the molecule is COc1ccccc1N1CCN(C(=O)CC[C@@]23CC[C@@](C)(O)C[C@H]2C(C)(C)C[C@@H]3N)CC1. The zero-order valence-corrected chi connectivity index (χ0v) is 20.3. The van der Waals surface area contributed by atoms with Crippen molar-refractivity contribution >= 4 is 11.6 Å². The lowest BCUT2D eigenvalue weighted by Gasteiger charge is -2.50. The Bertz CT molecular complexity index is 831. The van der Waals surface area contributed by atoms with E-state index in [2.05, 4.69) is 24.8 Å². The molecule has 1 aromatic carbocycles. The predicted octanol–water partition coefficient (Wildman–Crippen LogP) is 3.42. The molecule has 0 bridgehead atoms. The molecule has 6 heteroatoms. The lowest BCUT2D eigenvalue weighted by Crippen LogP contribution is -2.51. The van der Waals surface area contributed by atoms with Gasteiger partial charge in [-0.25, -0.2) is 0 Å². The highest BCUT2D eigenvalue weighted by molar-refractivity contribution is 5.76. The van der Waals surface area contributed by atoms with E-state index in [4.69, 9.17) is 10.5 Å². The lowest BCUT2D eigenvalue weighted by atomic mass is 9.57. The summed E-state index contributed by atoms with van der Waals surface area (Å²) in [5, 5.41) is 10.8. The molecule has 0 radical (unpaired) electrons. The van der Waals surface area contributed by atoms with Crippen molar-refractivity contribution in [2.24, 2.45) is 22.5 Å². The van der Waals surface area contributed by atoms with E-state index in [1.807, 2.05) is 30.0 Å².